The first-order chi connectivity index (χ1) is 9.49. The molecule has 1 unspecified atom stereocenters. The molecule has 0 saturated carbocycles. The zero-order valence-corrected chi connectivity index (χ0v) is 13.0. The highest BCUT2D eigenvalue weighted by Crippen LogP contribution is 2.24. The Balaban J connectivity index is 2.02. The van der Waals surface area contributed by atoms with Gasteiger partial charge in [0.25, 0.3) is 0 Å². The minimum Gasteiger partial charge on any atom is -0.389 e. The van der Waals surface area contributed by atoms with E-state index >= 15 is 0 Å². The Hall–Kier alpha value is -1.42. The summed E-state index contributed by atoms with van der Waals surface area (Å²) in [6, 6.07) is 8.04. The Bertz CT molecular complexity index is 496. The summed E-state index contributed by atoms with van der Waals surface area (Å²) in [7, 11) is 0. The van der Waals surface area contributed by atoms with E-state index in [2.05, 4.69) is 13.8 Å². The third-order valence-electron chi connectivity index (χ3n) is 3.98. The topological polar surface area (TPSA) is 46.3 Å². The fourth-order valence-electron chi connectivity index (χ4n) is 2.86. The van der Waals surface area contributed by atoms with E-state index in [1.807, 2.05) is 29.2 Å². The van der Waals surface area contributed by atoms with Gasteiger partial charge in [-0.1, -0.05) is 50.3 Å². The van der Waals surface area contributed by atoms with Gasteiger partial charge in [-0.05, 0) is 24.3 Å². The molecule has 1 aromatic rings. The van der Waals surface area contributed by atoms with Crippen molar-refractivity contribution in [2.75, 3.05) is 6.54 Å². The maximum atomic E-state index is 12.4. The summed E-state index contributed by atoms with van der Waals surface area (Å²) in [5, 5.41) is 0. The van der Waals surface area contributed by atoms with E-state index in [-0.39, 0.29) is 5.91 Å². The number of nitrogens with zero attached hydrogens (tertiary/aromatic N) is 1. The van der Waals surface area contributed by atoms with Crippen molar-refractivity contribution in [3.05, 3.63) is 35.4 Å². The molecule has 2 rings (SSSR count). The molecule has 1 amide bonds. The van der Waals surface area contributed by atoms with Gasteiger partial charge in [0.1, 0.15) is 4.99 Å². The summed E-state index contributed by atoms with van der Waals surface area (Å²) >= 11 is 4.93. The molecular formula is C16H22N2OS. The highest BCUT2D eigenvalue weighted by molar-refractivity contribution is 7.80. The molecule has 1 aliphatic rings. The van der Waals surface area contributed by atoms with Crippen molar-refractivity contribution >= 4 is 23.1 Å². The molecule has 0 aliphatic carbocycles. The fourth-order valence-corrected chi connectivity index (χ4v) is 2.99. The minimum absolute atomic E-state index is 0.226. The van der Waals surface area contributed by atoms with Gasteiger partial charge in [0.15, 0.2) is 0 Å². The predicted octanol–water partition coefficient (Wildman–Crippen LogP) is 2.51. The van der Waals surface area contributed by atoms with Crippen LogP contribution in [0, 0.1) is 5.92 Å². The predicted molar refractivity (Wildman–Crippen MR) is 85.6 cm³/mol. The van der Waals surface area contributed by atoms with Crippen molar-refractivity contribution in [3.8, 4) is 0 Å². The second kappa shape index (κ2) is 6.35. The van der Waals surface area contributed by atoms with Gasteiger partial charge in [-0.15, -0.1) is 0 Å². The van der Waals surface area contributed by atoms with Gasteiger partial charge in [-0.3, -0.25) is 4.79 Å². The van der Waals surface area contributed by atoms with Crippen molar-refractivity contribution < 1.29 is 4.79 Å². The Morgan fingerprint density at radius 2 is 2.05 bits per heavy atom. The lowest BCUT2D eigenvalue weighted by molar-refractivity contribution is -0.132. The summed E-state index contributed by atoms with van der Waals surface area (Å²) in [6.07, 6.45) is 2.71. The monoisotopic (exact) mass is 290 g/mol. The van der Waals surface area contributed by atoms with E-state index in [4.69, 9.17) is 18.0 Å². The molecule has 0 radical (unpaired) electrons. The third-order valence-corrected chi connectivity index (χ3v) is 4.22. The summed E-state index contributed by atoms with van der Waals surface area (Å²) < 4.78 is 0. The molecule has 2 N–H and O–H groups in total. The van der Waals surface area contributed by atoms with Gasteiger partial charge in [-0.2, -0.15) is 0 Å². The molecule has 1 atom stereocenters. The Morgan fingerprint density at radius 3 is 2.60 bits per heavy atom. The number of amides is 1. The Kier molecular flexibility index (Phi) is 4.76. The largest absolute Gasteiger partial charge is 0.389 e. The molecule has 20 heavy (non-hydrogen) atoms. The molecule has 0 aromatic heterocycles. The van der Waals surface area contributed by atoms with Crippen molar-refractivity contribution in [2.24, 2.45) is 11.7 Å². The molecule has 3 nitrogen and oxygen atoms in total. The molecule has 108 valence electrons. The number of benzene rings is 1. The van der Waals surface area contributed by atoms with Crippen LogP contribution < -0.4 is 5.73 Å². The SMILES string of the molecule is CC(C)C1CCCN1C(=O)Cc1ccc(C(N)=S)cc1. The van der Waals surface area contributed by atoms with E-state index in [0.29, 0.717) is 23.4 Å². The van der Waals surface area contributed by atoms with Gasteiger partial charge in [0.05, 0.1) is 6.42 Å². The van der Waals surface area contributed by atoms with Crippen molar-refractivity contribution in [1.82, 2.24) is 4.90 Å². The number of carbonyl (C=O) groups is 1. The average Bonchev–Trinajstić information content (AvgIpc) is 2.88. The fraction of sp³-hybridized carbons (Fsp3) is 0.500. The number of nitrogens with two attached hydrogens (primary N) is 1. The lowest BCUT2D eigenvalue weighted by Crippen LogP contribution is -2.39. The number of hydrogen-bond acceptors (Lipinski definition) is 2. The number of hydrogen-bond donors (Lipinski definition) is 1. The number of carbonyl (C=O) groups excluding carboxylic acids is 1. The van der Waals surface area contributed by atoms with Crippen LogP contribution >= 0.6 is 12.2 Å². The third kappa shape index (κ3) is 3.37. The van der Waals surface area contributed by atoms with Crippen LogP contribution in [0.1, 0.15) is 37.8 Å². The minimum atomic E-state index is 0.226. The zero-order chi connectivity index (χ0) is 14.7. The van der Waals surface area contributed by atoms with Crippen molar-refractivity contribution in [1.29, 1.82) is 0 Å². The van der Waals surface area contributed by atoms with E-state index in [9.17, 15) is 4.79 Å². The van der Waals surface area contributed by atoms with Crippen molar-refractivity contribution in [2.45, 2.75) is 39.2 Å². The molecule has 1 fully saturated rings. The number of thiocarbonyl (C=S) groups is 1. The number of rotatable bonds is 4. The Labute approximate surface area is 126 Å². The first kappa shape index (κ1) is 15.0. The van der Waals surface area contributed by atoms with Gasteiger partial charge < -0.3 is 10.6 Å². The highest BCUT2D eigenvalue weighted by Gasteiger charge is 2.30. The van der Waals surface area contributed by atoms with Crippen LogP contribution in [0.3, 0.4) is 0 Å². The standard InChI is InChI=1S/C16H22N2OS/c1-11(2)14-4-3-9-18(14)15(19)10-12-5-7-13(8-6-12)16(17)20/h5-8,11,14H,3-4,9-10H2,1-2H3,(H2,17,20). The van der Waals surface area contributed by atoms with Gasteiger partial charge in [0.2, 0.25) is 5.91 Å². The molecule has 1 aliphatic heterocycles. The summed E-state index contributed by atoms with van der Waals surface area (Å²) in [5.41, 5.74) is 7.44. The summed E-state index contributed by atoms with van der Waals surface area (Å²) in [5.74, 6) is 0.753. The molecular weight excluding hydrogens is 268 g/mol. The first-order valence-electron chi connectivity index (χ1n) is 7.17. The normalized spacial score (nSPS) is 18.6. The maximum Gasteiger partial charge on any atom is 0.227 e. The van der Waals surface area contributed by atoms with Crippen LogP contribution in [0.15, 0.2) is 24.3 Å². The summed E-state index contributed by atoms with van der Waals surface area (Å²) in [6.45, 7) is 5.27. The zero-order valence-electron chi connectivity index (χ0n) is 12.1. The van der Waals surface area contributed by atoms with E-state index in [0.717, 1.165) is 30.5 Å². The molecule has 4 heteroatoms. The van der Waals surface area contributed by atoms with Gasteiger partial charge in [-0.25, -0.2) is 0 Å². The van der Waals surface area contributed by atoms with Crippen LogP contribution in [0.2, 0.25) is 0 Å². The molecule has 0 spiro atoms. The average molecular weight is 290 g/mol. The van der Waals surface area contributed by atoms with E-state index < -0.39 is 0 Å². The summed E-state index contributed by atoms with van der Waals surface area (Å²) in [4.78, 5) is 14.9. The maximum absolute atomic E-state index is 12.4. The Morgan fingerprint density at radius 1 is 1.40 bits per heavy atom. The second-order valence-corrected chi connectivity index (χ2v) is 6.22. The molecule has 1 saturated heterocycles. The van der Waals surface area contributed by atoms with Crippen LogP contribution in [-0.4, -0.2) is 28.4 Å². The van der Waals surface area contributed by atoms with Crippen LogP contribution in [-0.2, 0) is 11.2 Å². The highest BCUT2D eigenvalue weighted by atomic mass is 32.1. The van der Waals surface area contributed by atoms with Crippen molar-refractivity contribution in [3.63, 3.8) is 0 Å². The quantitative estimate of drug-likeness (QED) is 0.867. The molecule has 0 bridgehead atoms. The van der Waals surface area contributed by atoms with Crippen LogP contribution in [0.5, 0.6) is 0 Å². The molecule has 1 aromatic carbocycles. The van der Waals surface area contributed by atoms with Gasteiger partial charge in [0, 0.05) is 18.2 Å². The lowest BCUT2D eigenvalue weighted by atomic mass is 10.0. The van der Waals surface area contributed by atoms with E-state index in [1.165, 1.54) is 0 Å². The van der Waals surface area contributed by atoms with Crippen LogP contribution in [0.25, 0.3) is 0 Å². The van der Waals surface area contributed by atoms with Gasteiger partial charge >= 0.3 is 0 Å². The molecule has 1 heterocycles. The smallest absolute Gasteiger partial charge is 0.227 e. The number of likely N-dealkylation sites (tertiary alicyclic amines) is 1. The van der Waals surface area contributed by atoms with Crippen LogP contribution in [0.4, 0.5) is 0 Å². The second-order valence-electron chi connectivity index (χ2n) is 5.78. The first-order valence-corrected chi connectivity index (χ1v) is 7.58. The lowest BCUT2D eigenvalue weighted by Gasteiger charge is -2.27. The van der Waals surface area contributed by atoms with E-state index in [1.54, 1.807) is 0 Å².